The summed E-state index contributed by atoms with van der Waals surface area (Å²) in [5.74, 6) is -1.39. The fourth-order valence-electron chi connectivity index (χ4n) is 2.41. The first-order valence-corrected chi connectivity index (χ1v) is 7.51. The van der Waals surface area contributed by atoms with Crippen molar-refractivity contribution in [2.24, 2.45) is 0 Å². The Morgan fingerprint density at radius 1 is 0.947 bits per heavy atom. The Balaban J connectivity index is 2.26. The smallest absolute Gasteiger partial charge is 0.247 e. The van der Waals surface area contributed by atoms with Gasteiger partial charge in [0.05, 0.1) is 5.92 Å². The molecule has 1 aromatic carbocycles. The van der Waals surface area contributed by atoms with E-state index in [2.05, 4.69) is 6.92 Å². The molecule has 0 bridgehead atoms. The van der Waals surface area contributed by atoms with Crippen LogP contribution in [-0.4, -0.2) is 5.97 Å². The van der Waals surface area contributed by atoms with Crippen LogP contribution in [0, 0.1) is 0 Å². The maximum absolute atomic E-state index is 11.2. The molecule has 1 radical (unpaired) electrons. The molecule has 0 fully saturated rings. The third-order valence-corrected chi connectivity index (χ3v) is 3.58. The van der Waals surface area contributed by atoms with Gasteiger partial charge < -0.3 is 0 Å². The van der Waals surface area contributed by atoms with E-state index >= 15 is 0 Å². The molecule has 1 atom stereocenters. The van der Waals surface area contributed by atoms with Crippen molar-refractivity contribution < 1.29 is 9.90 Å². The van der Waals surface area contributed by atoms with Crippen LogP contribution < -0.4 is 0 Å². The fourth-order valence-corrected chi connectivity index (χ4v) is 2.41. The maximum Gasteiger partial charge on any atom is 0.362 e. The first-order valence-electron chi connectivity index (χ1n) is 7.51. The highest BCUT2D eigenvalue weighted by molar-refractivity contribution is 5.75. The zero-order valence-corrected chi connectivity index (χ0v) is 11.9. The van der Waals surface area contributed by atoms with Crippen LogP contribution in [0.1, 0.15) is 69.8 Å². The van der Waals surface area contributed by atoms with Gasteiger partial charge in [-0.2, -0.15) is 0 Å². The van der Waals surface area contributed by atoms with E-state index < -0.39 is 11.9 Å². The normalized spacial score (nSPS) is 12.3. The summed E-state index contributed by atoms with van der Waals surface area (Å²) >= 11 is 0. The van der Waals surface area contributed by atoms with Crippen molar-refractivity contribution in [1.82, 2.24) is 0 Å². The summed E-state index contributed by atoms with van der Waals surface area (Å²) in [5.41, 5.74) is 0.869. The first kappa shape index (κ1) is 15.7. The Bertz CT molecular complexity index is 346. The molecule has 0 N–H and O–H groups in total. The number of benzene rings is 1. The molecular formula is C17H25O2. The summed E-state index contributed by atoms with van der Waals surface area (Å²) in [5, 5.41) is 11.2. The third kappa shape index (κ3) is 6.42. The van der Waals surface area contributed by atoms with E-state index in [1.165, 1.54) is 32.1 Å². The predicted octanol–water partition coefficient (Wildman–Crippen LogP) is 4.87. The van der Waals surface area contributed by atoms with Crippen LogP contribution in [-0.2, 0) is 9.90 Å². The topological polar surface area (TPSA) is 37.0 Å². The van der Waals surface area contributed by atoms with Gasteiger partial charge in [-0.05, 0) is 12.0 Å². The molecule has 0 spiro atoms. The Labute approximate surface area is 116 Å². The van der Waals surface area contributed by atoms with Crippen molar-refractivity contribution in [3.63, 3.8) is 0 Å². The number of rotatable bonds is 10. The van der Waals surface area contributed by atoms with Gasteiger partial charge in [0, 0.05) is 0 Å². The molecule has 0 aromatic heterocycles. The van der Waals surface area contributed by atoms with Crippen molar-refractivity contribution in [3.05, 3.63) is 35.9 Å². The van der Waals surface area contributed by atoms with Gasteiger partial charge in [-0.15, -0.1) is 0 Å². The zero-order chi connectivity index (χ0) is 13.9. The van der Waals surface area contributed by atoms with Crippen molar-refractivity contribution in [2.75, 3.05) is 0 Å². The van der Waals surface area contributed by atoms with Crippen LogP contribution in [0.15, 0.2) is 30.3 Å². The number of carbonyl (C=O) groups is 1. The van der Waals surface area contributed by atoms with Crippen LogP contribution in [0.4, 0.5) is 0 Å². The molecular weight excluding hydrogens is 236 g/mol. The van der Waals surface area contributed by atoms with Gasteiger partial charge in [0.25, 0.3) is 0 Å². The SMILES string of the molecule is CCCCCCCCCC(C([O])=O)c1ccccc1. The standard InChI is InChI=1S/C17H25O2/c1-2-3-4-5-6-7-11-14-16(17(18)19)15-12-9-8-10-13-15/h8-10,12-13,16H,2-7,11,14H2,1H3. The van der Waals surface area contributed by atoms with Gasteiger partial charge in [-0.1, -0.05) is 82.2 Å². The van der Waals surface area contributed by atoms with Crippen molar-refractivity contribution in [3.8, 4) is 0 Å². The second-order valence-electron chi connectivity index (χ2n) is 5.19. The largest absolute Gasteiger partial charge is 0.362 e. The van der Waals surface area contributed by atoms with Gasteiger partial charge in [0.1, 0.15) is 0 Å². The van der Waals surface area contributed by atoms with Crippen LogP contribution in [0.25, 0.3) is 0 Å². The molecule has 1 rings (SSSR count). The second kappa shape index (κ2) is 9.60. The number of hydrogen-bond acceptors (Lipinski definition) is 1. The minimum absolute atomic E-state index is 0.447. The van der Waals surface area contributed by atoms with E-state index in [4.69, 9.17) is 0 Å². The van der Waals surface area contributed by atoms with Gasteiger partial charge in [0.2, 0.25) is 0 Å². The van der Waals surface area contributed by atoms with E-state index in [9.17, 15) is 9.90 Å². The number of hydrogen-bond donors (Lipinski definition) is 0. The van der Waals surface area contributed by atoms with Crippen molar-refractivity contribution in [2.45, 2.75) is 64.2 Å². The second-order valence-corrected chi connectivity index (χ2v) is 5.19. The molecule has 0 saturated carbocycles. The summed E-state index contributed by atoms with van der Waals surface area (Å²) in [6, 6.07) is 9.43. The highest BCUT2D eigenvalue weighted by Gasteiger charge is 2.20. The van der Waals surface area contributed by atoms with Gasteiger partial charge >= 0.3 is 5.97 Å². The number of carbonyl (C=O) groups excluding carboxylic acids is 1. The summed E-state index contributed by atoms with van der Waals surface area (Å²) < 4.78 is 0. The lowest BCUT2D eigenvalue weighted by molar-refractivity contribution is -0.145. The van der Waals surface area contributed by atoms with Crippen LogP contribution in [0.5, 0.6) is 0 Å². The zero-order valence-electron chi connectivity index (χ0n) is 11.9. The summed E-state index contributed by atoms with van der Waals surface area (Å²) in [6.45, 7) is 2.21. The molecule has 19 heavy (non-hydrogen) atoms. The fraction of sp³-hybridized carbons (Fsp3) is 0.588. The first-order chi connectivity index (χ1) is 9.25. The van der Waals surface area contributed by atoms with E-state index in [1.807, 2.05) is 30.3 Å². The van der Waals surface area contributed by atoms with Crippen molar-refractivity contribution >= 4 is 5.97 Å². The summed E-state index contributed by atoms with van der Waals surface area (Å²) in [6.07, 6.45) is 9.16. The quantitative estimate of drug-likeness (QED) is 0.554. The van der Waals surface area contributed by atoms with E-state index in [0.717, 1.165) is 18.4 Å². The molecule has 0 amide bonds. The Hall–Kier alpha value is -1.31. The lowest BCUT2D eigenvalue weighted by Crippen LogP contribution is -2.10. The molecule has 0 aliphatic rings. The molecule has 0 heterocycles. The van der Waals surface area contributed by atoms with Gasteiger partial charge in [-0.25, -0.2) is 9.90 Å². The van der Waals surface area contributed by atoms with Crippen molar-refractivity contribution in [1.29, 1.82) is 0 Å². The minimum atomic E-state index is -0.947. The number of unbranched alkanes of at least 4 members (excludes halogenated alkanes) is 6. The summed E-state index contributed by atoms with van der Waals surface area (Å²) in [7, 11) is 0. The molecule has 0 aliphatic heterocycles. The van der Waals surface area contributed by atoms with Gasteiger partial charge in [0.15, 0.2) is 0 Å². The van der Waals surface area contributed by atoms with Crippen LogP contribution in [0.2, 0.25) is 0 Å². The Morgan fingerprint density at radius 2 is 1.53 bits per heavy atom. The van der Waals surface area contributed by atoms with Crippen LogP contribution in [0.3, 0.4) is 0 Å². The highest BCUT2D eigenvalue weighted by Crippen LogP contribution is 2.23. The average Bonchev–Trinajstić information content (AvgIpc) is 2.42. The molecule has 0 saturated heterocycles. The van der Waals surface area contributed by atoms with E-state index in [0.29, 0.717) is 6.42 Å². The minimum Gasteiger partial charge on any atom is -0.247 e. The van der Waals surface area contributed by atoms with Gasteiger partial charge in [-0.3, -0.25) is 0 Å². The molecule has 1 unspecified atom stereocenters. The lowest BCUT2D eigenvalue weighted by Gasteiger charge is -2.11. The van der Waals surface area contributed by atoms with Crippen LogP contribution >= 0.6 is 0 Å². The third-order valence-electron chi connectivity index (χ3n) is 3.58. The Kier molecular flexibility index (Phi) is 7.95. The molecule has 2 heteroatoms. The van der Waals surface area contributed by atoms with E-state index in [1.54, 1.807) is 0 Å². The monoisotopic (exact) mass is 261 g/mol. The summed E-state index contributed by atoms with van der Waals surface area (Å²) in [4.78, 5) is 11.2. The highest BCUT2D eigenvalue weighted by atomic mass is 16.4. The molecule has 2 nitrogen and oxygen atoms in total. The molecule has 105 valence electrons. The lowest BCUT2D eigenvalue weighted by atomic mass is 9.93. The molecule has 1 aromatic rings. The Morgan fingerprint density at radius 3 is 2.11 bits per heavy atom. The average molecular weight is 261 g/mol. The maximum atomic E-state index is 11.2. The molecule has 0 aliphatic carbocycles. The predicted molar refractivity (Wildman–Crippen MR) is 77.5 cm³/mol. The van der Waals surface area contributed by atoms with E-state index in [-0.39, 0.29) is 0 Å².